The number of nitrogens with two attached hydrogens (primary N) is 1. The standard InChI is InChI=1S/C17H28N2O3.ClH/c1-13(2)15(18)9-10-19(3)17(20)14-7-5-6-8-16(14)22-12-11-21-4;/h5-8,13,15H,9-12,18H2,1-4H3;1H. The van der Waals surface area contributed by atoms with Crippen LogP contribution in [0.5, 0.6) is 5.75 Å². The molecular weight excluding hydrogens is 316 g/mol. The van der Waals surface area contributed by atoms with Crippen molar-refractivity contribution in [1.29, 1.82) is 0 Å². The maximum absolute atomic E-state index is 12.6. The third-order valence-electron chi connectivity index (χ3n) is 3.66. The molecule has 0 spiro atoms. The van der Waals surface area contributed by atoms with E-state index in [0.29, 0.717) is 37.0 Å². The Hall–Kier alpha value is -1.30. The molecule has 0 saturated carbocycles. The van der Waals surface area contributed by atoms with Crippen molar-refractivity contribution >= 4 is 18.3 Å². The molecule has 0 aliphatic rings. The van der Waals surface area contributed by atoms with Crippen molar-refractivity contribution in [3.63, 3.8) is 0 Å². The number of hydrogen-bond donors (Lipinski definition) is 1. The van der Waals surface area contributed by atoms with Crippen LogP contribution in [0.2, 0.25) is 0 Å². The number of carbonyl (C=O) groups excluding carboxylic acids is 1. The monoisotopic (exact) mass is 344 g/mol. The molecule has 0 radical (unpaired) electrons. The van der Waals surface area contributed by atoms with Crippen LogP contribution in [-0.2, 0) is 4.74 Å². The Balaban J connectivity index is 0.00000484. The predicted octanol–water partition coefficient (Wildman–Crippen LogP) is 2.58. The van der Waals surface area contributed by atoms with Crippen molar-refractivity contribution in [2.24, 2.45) is 11.7 Å². The van der Waals surface area contributed by atoms with Gasteiger partial charge in [0.1, 0.15) is 12.4 Å². The normalized spacial score (nSPS) is 11.7. The van der Waals surface area contributed by atoms with E-state index in [1.807, 2.05) is 12.1 Å². The van der Waals surface area contributed by atoms with Gasteiger partial charge in [0, 0.05) is 26.7 Å². The van der Waals surface area contributed by atoms with E-state index >= 15 is 0 Å². The maximum atomic E-state index is 12.6. The summed E-state index contributed by atoms with van der Waals surface area (Å²) in [6.07, 6.45) is 0.784. The summed E-state index contributed by atoms with van der Waals surface area (Å²) in [5.41, 5.74) is 6.61. The molecule has 0 fully saturated rings. The molecule has 1 aromatic carbocycles. The fourth-order valence-electron chi connectivity index (χ4n) is 1.99. The molecule has 0 saturated heterocycles. The molecular formula is C17H29ClN2O3. The Bertz CT molecular complexity index is 469. The van der Waals surface area contributed by atoms with Crippen LogP contribution in [0, 0.1) is 5.92 Å². The molecule has 0 aromatic heterocycles. The Morgan fingerprint density at radius 3 is 2.52 bits per heavy atom. The highest BCUT2D eigenvalue weighted by atomic mass is 35.5. The minimum atomic E-state index is -0.0519. The molecule has 132 valence electrons. The van der Waals surface area contributed by atoms with Crippen molar-refractivity contribution in [2.45, 2.75) is 26.3 Å². The summed E-state index contributed by atoms with van der Waals surface area (Å²) in [5.74, 6) is 0.946. The predicted molar refractivity (Wildman–Crippen MR) is 95.5 cm³/mol. The van der Waals surface area contributed by atoms with Crippen molar-refractivity contribution in [1.82, 2.24) is 4.90 Å². The van der Waals surface area contributed by atoms with Crippen LogP contribution in [0.15, 0.2) is 24.3 Å². The van der Waals surface area contributed by atoms with Crippen LogP contribution < -0.4 is 10.5 Å². The average Bonchev–Trinajstić information content (AvgIpc) is 2.52. The zero-order valence-corrected chi connectivity index (χ0v) is 15.3. The Morgan fingerprint density at radius 1 is 1.26 bits per heavy atom. The first-order chi connectivity index (χ1) is 10.5. The molecule has 0 heterocycles. The van der Waals surface area contributed by atoms with E-state index in [1.54, 1.807) is 31.2 Å². The SMILES string of the molecule is COCCOc1ccccc1C(=O)N(C)CCC(N)C(C)C.Cl. The smallest absolute Gasteiger partial charge is 0.257 e. The molecule has 1 unspecified atom stereocenters. The molecule has 1 rings (SSSR count). The number of amides is 1. The van der Waals surface area contributed by atoms with Gasteiger partial charge in [0.25, 0.3) is 5.91 Å². The lowest BCUT2D eigenvalue weighted by Crippen LogP contribution is -2.34. The fraction of sp³-hybridized carbons (Fsp3) is 0.588. The summed E-state index contributed by atoms with van der Waals surface area (Å²) in [4.78, 5) is 14.2. The topological polar surface area (TPSA) is 64.8 Å². The molecule has 2 N–H and O–H groups in total. The second-order valence-corrected chi connectivity index (χ2v) is 5.76. The highest BCUT2D eigenvalue weighted by Crippen LogP contribution is 2.20. The van der Waals surface area contributed by atoms with Gasteiger partial charge in [-0.05, 0) is 24.5 Å². The van der Waals surface area contributed by atoms with Crippen molar-refractivity contribution in [3.8, 4) is 5.75 Å². The number of ether oxygens (including phenoxy) is 2. The molecule has 1 atom stereocenters. The molecule has 1 amide bonds. The summed E-state index contributed by atoms with van der Waals surface area (Å²) in [6, 6.07) is 7.38. The number of halogens is 1. The lowest BCUT2D eigenvalue weighted by Gasteiger charge is -2.22. The van der Waals surface area contributed by atoms with Gasteiger partial charge in [0.2, 0.25) is 0 Å². The van der Waals surface area contributed by atoms with Crippen LogP contribution >= 0.6 is 12.4 Å². The van der Waals surface area contributed by atoms with E-state index in [4.69, 9.17) is 15.2 Å². The Labute approximate surface area is 145 Å². The fourth-order valence-corrected chi connectivity index (χ4v) is 1.99. The highest BCUT2D eigenvalue weighted by molar-refractivity contribution is 5.96. The van der Waals surface area contributed by atoms with Crippen molar-refractivity contribution in [3.05, 3.63) is 29.8 Å². The van der Waals surface area contributed by atoms with E-state index < -0.39 is 0 Å². The van der Waals surface area contributed by atoms with Crippen LogP contribution in [-0.4, -0.2) is 50.8 Å². The van der Waals surface area contributed by atoms with Gasteiger partial charge < -0.3 is 20.1 Å². The number of hydrogen-bond acceptors (Lipinski definition) is 4. The minimum absolute atomic E-state index is 0. The highest BCUT2D eigenvalue weighted by Gasteiger charge is 2.17. The summed E-state index contributed by atoms with van der Waals surface area (Å²) >= 11 is 0. The van der Waals surface area contributed by atoms with Gasteiger partial charge in [0.05, 0.1) is 12.2 Å². The van der Waals surface area contributed by atoms with Gasteiger partial charge in [-0.15, -0.1) is 12.4 Å². The Morgan fingerprint density at radius 2 is 1.91 bits per heavy atom. The van der Waals surface area contributed by atoms with E-state index in [9.17, 15) is 4.79 Å². The van der Waals surface area contributed by atoms with E-state index in [-0.39, 0.29) is 24.4 Å². The quantitative estimate of drug-likeness (QED) is 0.699. The average molecular weight is 345 g/mol. The van der Waals surface area contributed by atoms with E-state index in [1.165, 1.54) is 0 Å². The first-order valence-electron chi connectivity index (χ1n) is 7.69. The zero-order chi connectivity index (χ0) is 16.5. The van der Waals surface area contributed by atoms with Crippen LogP contribution in [0.1, 0.15) is 30.6 Å². The summed E-state index contributed by atoms with van der Waals surface area (Å²) in [7, 11) is 3.41. The van der Waals surface area contributed by atoms with Gasteiger partial charge in [-0.25, -0.2) is 0 Å². The van der Waals surface area contributed by atoms with Gasteiger partial charge in [-0.2, -0.15) is 0 Å². The van der Waals surface area contributed by atoms with Crippen molar-refractivity contribution in [2.75, 3.05) is 33.9 Å². The second kappa shape index (κ2) is 11.3. The lowest BCUT2D eigenvalue weighted by atomic mass is 10.0. The number of benzene rings is 1. The summed E-state index contributed by atoms with van der Waals surface area (Å²) in [5, 5.41) is 0. The largest absolute Gasteiger partial charge is 0.490 e. The van der Waals surface area contributed by atoms with E-state index in [2.05, 4.69) is 13.8 Å². The summed E-state index contributed by atoms with van der Waals surface area (Å²) < 4.78 is 10.6. The van der Waals surface area contributed by atoms with Crippen LogP contribution in [0.3, 0.4) is 0 Å². The lowest BCUT2D eigenvalue weighted by molar-refractivity contribution is 0.0782. The maximum Gasteiger partial charge on any atom is 0.257 e. The summed E-state index contributed by atoms with van der Waals surface area (Å²) in [6.45, 7) is 5.71. The number of para-hydroxylation sites is 1. The molecule has 1 aromatic rings. The minimum Gasteiger partial charge on any atom is -0.490 e. The number of nitrogens with zero attached hydrogens (tertiary/aromatic N) is 1. The third-order valence-corrected chi connectivity index (χ3v) is 3.66. The Kier molecular flexibility index (Phi) is 10.6. The van der Waals surface area contributed by atoms with Crippen molar-refractivity contribution < 1.29 is 14.3 Å². The molecule has 23 heavy (non-hydrogen) atoms. The molecule has 6 heteroatoms. The van der Waals surface area contributed by atoms with Crippen LogP contribution in [0.25, 0.3) is 0 Å². The third kappa shape index (κ3) is 7.20. The first kappa shape index (κ1) is 21.7. The molecule has 0 bridgehead atoms. The van der Waals surface area contributed by atoms with Gasteiger partial charge in [-0.1, -0.05) is 26.0 Å². The number of carbonyl (C=O) groups is 1. The van der Waals surface area contributed by atoms with Gasteiger partial charge in [-0.3, -0.25) is 4.79 Å². The zero-order valence-electron chi connectivity index (χ0n) is 14.5. The van der Waals surface area contributed by atoms with Gasteiger partial charge in [0.15, 0.2) is 0 Å². The van der Waals surface area contributed by atoms with E-state index in [0.717, 1.165) is 6.42 Å². The van der Waals surface area contributed by atoms with Gasteiger partial charge >= 0.3 is 0 Å². The molecule has 0 aliphatic carbocycles. The molecule has 0 aliphatic heterocycles. The van der Waals surface area contributed by atoms with Crippen LogP contribution in [0.4, 0.5) is 0 Å². The molecule has 5 nitrogen and oxygen atoms in total. The number of methoxy groups -OCH3 is 1. The second-order valence-electron chi connectivity index (χ2n) is 5.76. The number of rotatable bonds is 9. The first-order valence-corrected chi connectivity index (χ1v) is 7.69.